The minimum Gasteiger partial charge on any atom is -0.496 e. The van der Waals surface area contributed by atoms with Gasteiger partial charge in [0.1, 0.15) is 11.4 Å². The van der Waals surface area contributed by atoms with Gasteiger partial charge < -0.3 is 24.3 Å². The third-order valence-electron chi connectivity index (χ3n) is 7.58. The quantitative estimate of drug-likeness (QED) is 0.240. The number of rotatable bonds is 9. The van der Waals surface area contributed by atoms with Crippen LogP contribution in [-0.2, 0) is 4.74 Å². The van der Waals surface area contributed by atoms with Crippen molar-refractivity contribution in [2.75, 3.05) is 46.5 Å². The Labute approximate surface area is 233 Å². The van der Waals surface area contributed by atoms with E-state index in [0.717, 1.165) is 68.5 Å². The van der Waals surface area contributed by atoms with E-state index in [1.807, 2.05) is 36.6 Å². The molecule has 2 aliphatic rings. The van der Waals surface area contributed by atoms with Gasteiger partial charge in [-0.15, -0.1) is 0 Å². The van der Waals surface area contributed by atoms with Crippen LogP contribution in [0, 0.1) is 24.0 Å². The number of aryl methyl sites for hydroxylation is 1. The largest absolute Gasteiger partial charge is 0.496 e. The molecule has 0 spiro atoms. The highest BCUT2D eigenvalue weighted by Gasteiger charge is 2.41. The third-order valence-corrected chi connectivity index (χ3v) is 7.94. The van der Waals surface area contributed by atoms with E-state index in [9.17, 15) is 10.1 Å². The zero-order chi connectivity index (χ0) is 27.5. The molecule has 11 heteroatoms. The van der Waals surface area contributed by atoms with Crippen LogP contribution in [0.15, 0.2) is 48.7 Å². The summed E-state index contributed by atoms with van der Waals surface area (Å²) in [6, 6.07) is 12.7. The summed E-state index contributed by atoms with van der Waals surface area (Å²) in [5, 5.41) is 16.2. The van der Waals surface area contributed by atoms with Gasteiger partial charge in [-0.2, -0.15) is 0 Å². The molecule has 0 unspecified atom stereocenters. The van der Waals surface area contributed by atoms with Crippen LogP contribution in [0.5, 0.6) is 5.75 Å². The second kappa shape index (κ2) is 11.7. The molecule has 0 bridgehead atoms. The first kappa shape index (κ1) is 27.0. The van der Waals surface area contributed by atoms with E-state index in [1.165, 1.54) is 13.2 Å². The number of nitrogens with one attached hydrogen (secondary N) is 1. The molecule has 0 amide bonds. The fourth-order valence-electron chi connectivity index (χ4n) is 5.70. The Morgan fingerprint density at radius 3 is 2.67 bits per heavy atom. The maximum absolute atomic E-state index is 12.0. The Morgan fingerprint density at radius 2 is 1.97 bits per heavy atom. The molecule has 2 atom stereocenters. The average Bonchev–Trinajstić information content (AvgIpc) is 3.43. The van der Waals surface area contributed by atoms with Gasteiger partial charge >= 0.3 is 0 Å². The molecule has 4 heterocycles. The molecule has 10 nitrogen and oxygen atoms in total. The number of nitro groups is 1. The maximum atomic E-state index is 12.0. The van der Waals surface area contributed by atoms with Crippen LogP contribution in [0.25, 0.3) is 5.69 Å². The molecule has 2 fully saturated rings. The lowest BCUT2D eigenvalue weighted by Gasteiger charge is -2.30. The SMILES string of the molecule is COc1ccc(-n2c(C)cc([C@@H]3[C@H](c4ccccn4)NC(=S)N3CCCN3CCOCC3)c2C)c([N+](=O)[O-])c1. The van der Waals surface area contributed by atoms with Crippen LogP contribution >= 0.6 is 12.2 Å². The van der Waals surface area contributed by atoms with Crippen molar-refractivity contribution < 1.29 is 14.4 Å². The minimum atomic E-state index is -0.364. The summed E-state index contributed by atoms with van der Waals surface area (Å²) in [5.41, 5.74) is 4.29. The van der Waals surface area contributed by atoms with Crippen molar-refractivity contribution in [1.29, 1.82) is 0 Å². The first-order chi connectivity index (χ1) is 18.9. The molecule has 0 aliphatic carbocycles. The number of aromatic nitrogens is 2. The molecule has 0 radical (unpaired) electrons. The van der Waals surface area contributed by atoms with Crippen molar-refractivity contribution in [3.63, 3.8) is 0 Å². The van der Waals surface area contributed by atoms with Gasteiger partial charge in [0.2, 0.25) is 0 Å². The Bertz CT molecular complexity index is 1340. The second-order valence-electron chi connectivity index (χ2n) is 9.90. The Kier molecular flexibility index (Phi) is 8.10. The number of benzene rings is 1. The van der Waals surface area contributed by atoms with Crippen LogP contribution in [0.2, 0.25) is 0 Å². The van der Waals surface area contributed by atoms with Gasteiger partial charge in [-0.3, -0.25) is 20.0 Å². The van der Waals surface area contributed by atoms with Crippen LogP contribution in [0.3, 0.4) is 0 Å². The molecular formula is C28H34N6O4S. The second-order valence-corrected chi connectivity index (χ2v) is 10.3. The summed E-state index contributed by atoms with van der Waals surface area (Å²) >= 11 is 5.87. The number of methoxy groups -OCH3 is 1. The summed E-state index contributed by atoms with van der Waals surface area (Å²) in [5.74, 6) is 0.445. The summed E-state index contributed by atoms with van der Waals surface area (Å²) in [7, 11) is 1.50. The monoisotopic (exact) mass is 550 g/mol. The lowest BCUT2D eigenvalue weighted by molar-refractivity contribution is -0.384. The highest BCUT2D eigenvalue weighted by atomic mass is 32.1. The van der Waals surface area contributed by atoms with Crippen LogP contribution in [0.4, 0.5) is 5.69 Å². The predicted octanol–water partition coefficient (Wildman–Crippen LogP) is 4.10. The first-order valence-corrected chi connectivity index (χ1v) is 13.6. The number of pyridine rings is 1. The normalized spacial score (nSPS) is 19.8. The first-order valence-electron chi connectivity index (χ1n) is 13.2. The number of morpholine rings is 1. The van der Waals surface area contributed by atoms with Gasteiger partial charge in [0.05, 0.1) is 49.1 Å². The standard InChI is InChI=1S/C28H34N6O4S/c1-19-17-22(20(2)33(19)24-9-8-21(37-3)18-25(24)34(35)36)27-26(23-7-4-5-10-29-23)30-28(39)32(27)12-6-11-31-13-15-38-16-14-31/h4-5,7-10,17-18,26-27H,6,11-16H2,1-3H3,(H,30,39)/t26-,27+/m0/s1. The van der Waals surface area contributed by atoms with Gasteiger partial charge in [0, 0.05) is 43.8 Å². The van der Waals surface area contributed by atoms with E-state index in [4.69, 9.17) is 21.7 Å². The van der Waals surface area contributed by atoms with Gasteiger partial charge in [-0.25, -0.2) is 0 Å². The minimum absolute atomic E-state index is 0.00795. The molecule has 1 aromatic carbocycles. The molecular weight excluding hydrogens is 516 g/mol. The molecule has 39 heavy (non-hydrogen) atoms. The average molecular weight is 551 g/mol. The number of nitro benzene ring substituents is 1. The molecule has 1 N–H and O–H groups in total. The van der Waals surface area contributed by atoms with Crippen LogP contribution < -0.4 is 10.1 Å². The van der Waals surface area contributed by atoms with E-state index >= 15 is 0 Å². The molecule has 0 saturated carbocycles. The highest BCUT2D eigenvalue weighted by molar-refractivity contribution is 7.80. The van der Waals surface area contributed by atoms with Crippen LogP contribution in [-0.4, -0.2) is 75.9 Å². The van der Waals surface area contributed by atoms with Gasteiger partial charge in [-0.05, 0) is 68.4 Å². The third kappa shape index (κ3) is 5.47. The van der Waals surface area contributed by atoms with E-state index in [0.29, 0.717) is 16.5 Å². The lowest BCUT2D eigenvalue weighted by atomic mass is 9.96. The fourth-order valence-corrected chi connectivity index (χ4v) is 6.03. The summed E-state index contributed by atoms with van der Waals surface area (Å²) in [6.07, 6.45) is 2.75. The van der Waals surface area contributed by atoms with Crippen molar-refractivity contribution in [3.05, 3.63) is 81.4 Å². The highest BCUT2D eigenvalue weighted by Crippen LogP contribution is 2.42. The van der Waals surface area contributed by atoms with E-state index in [2.05, 4.69) is 26.2 Å². The number of ether oxygens (including phenoxy) is 2. The Hall–Kier alpha value is -3.54. The molecule has 206 valence electrons. The number of thiocarbonyl (C=S) groups is 1. The number of nitrogens with zero attached hydrogens (tertiary/aromatic N) is 5. The molecule has 3 aromatic rings. The van der Waals surface area contributed by atoms with Gasteiger partial charge in [0.15, 0.2) is 5.11 Å². The lowest BCUT2D eigenvalue weighted by Crippen LogP contribution is -2.39. The molecule has 5 rings (SSSR count). The zero-order valence-electron chi connectivity index (χ0n) is 22.5. The Balaban J connectivity index is 1.52. The van der Waals surface area contributed by atoms with Crippen molar-refractivity contribution in [1.82, 2.24) is 24.7 Å². The van der Waals surface area contributed by atoms with Crippen molar-refractivity contribution in [2.45, 2.75) is 32.4 Å². The topological polar surface area (TPSA) is 97.9 Å². The van der Waals surface area contributed by atoms with Gasteiger partial charge in [0.25, 0.3) is 5.69 Å². The predicted molar refractivity (Wildman–Crippen MR) is 152 cm³/mol. The summed E-state index contributed by atoms with van der Waals surface area (Å²) < 4.78 is 12.7. The van der Waals surface area contributed by atoms with Crippen molar-refractivity contribution >= 4 is 23.0 Å². The summed E-state index contributed by atoms with van der Waals surface area (Å²) in [6.45, 7) is 9.19. The zero-order valence-corrected chi connectivity index (χ0v) is 23.3. The molecule has 2 saturated heterocycles. The van der Waals surface area contributed by atoms with E-state index in [-0.39, 0.29) is 22.7 Å². The number of hydrogen-bond acceptors (Lipinski definition) is 7. The van der Waals surface area contributed by atoms with E-state index in [1.54, 1.807) is 18.3 Å². The van der Waals surface area contributed by atoms with Crippen molar-refractivity contribution in [2.24, 2.45) is 0 Å². The smallest absolute Gasteiger partial charge is 0.296 e. The maximum Gasteiger partial charge on any atom is 0.296 e. The van der Waals surface area contributed by atoms with Gasteiger partial charge in [-0.1, -0.05) is 6.07 Å². The molecule has 2 aromatic heterocycles. The molecule has 2 aliphatic heterocycles. The van der Waals surface area contributed by atoms with Crippen LogP contribution in [0.1, 0.15) is 41.1 Å². The summed E-state index contributed by atoms with van der Waals surface area (Å²) in [4.78, 5) is 21.0. The Morgan fingerprint density at radius 1 is 1.18 bits per heavy atom. The fraction of sp³-hybridized carbons (Fsp3) is 0.429. The number of hydrogen-bond donors (Lipinski definition) is 1. The van der Waals surface area contributed by atoms with E-state index < -0.39 is 0 Å². The van der Waals surface area contributed by atoms with Crippen molar-refractivity contribution in [3.8, 4) is 11.4 Å².